The number of urea groups is 1. The molecule has 29 heavy (non-hydrogen) atoms. The van der Waals surface area contributed by atoms with Crippen LogP contribution in [0, 0.1) is 0 Å². The highest BCUT2D eigenvalue weighted by molar-refractivity contribution is 7.13. The first-order chi connectivity index (χ1) is 14.1. The van der Waals surface area contributed by atoms with Gasteiger partial charge in [0, 0.05) is 59.4 Å². The predicted molar refractivity (Wildman–Crippen MR) is 120 cm³/mol. The quantitative estimate of drug-likeness (QED) is 0.577. The van der Waals surface area contributed by atoms with Crippen molar-refractivity contribution < 1.29 is 4.79 Å². The van der Waals surface area contributed by atoms with E-state index >= 15 is 0 Å². The van der Waals surface area contributed by atoms with Crippen molar-refractivity contribution in [2.24, 2.45) is 0 Å². The molecule has 1 N–H and O–H groups in total. The SMILES string of the molecule is O=C(Nc1ccc(Cl)cc1)N1CCN(Cc2csc(-c3ccc(Cl)cc3)n2)CC1. The van der Waals surface area contributed by atoms with E-state index in [-0.39, 0.29) is 6.03 Å². The van der Waals surface area contributed by atoms with Crippen molar-refractivity contribution >= 4 is 46.3 Å². The lowest BCUT2D eigenvalue weighted by Gasteiger charge is -2.34. The van der Waals surface area contributed by atoms with Gasteiger partial charge in [-0.2, -0.15) is 0 Å². The molecule has 8 heteroatoms. The maximum Gasteiger partial charge on any atom is 0.321 e. The summed E-state index contributed by atoms with van der Waals surface area (Å²) in [5.74, 6) is 0. The van der Waals surface area contributed by atoms with Crippen LogP contribution in [-0.2, 0) is 6.54 Å². The largest absolute Gasteiger partial charge is 0.322 e. The number of carbonyl (C=O) groups excluding carboxylic acids is 1. The van der Waals surface area contributed by atoms with E-state index in [4.69, 9.17) is 28.2 Å². The van der Waals surface area contributed by atoms with E-state index in [1.165, 1.54) is 0 Å². The number of piperazine rings is 1. The summed E-state index contributed by atoms with van der Waals surface area (Å²) in [4.78, 5) is 21.4. The molecular formula is C21H20Cl2N4OS. The zero-order chi connectivity index (χ0) is 20.2. The number of thiazole rings is 1. The monoisotopic (exact) mass is 446 g/mol. The number of rotatable bonds is 4. The molecule has 0 aliphatic carbocycles. The molecule has 2 heterocycles. The van der Waals surface area contributed by atoms with Crippen LogP contribution in [0.5, 0.6) is 0 Å². The molecule has 2 aromatic carbocycles. The van der Waals surface area contributed by atoms with Gasteiger partial charge >= 0.3 is 6.03 Å². The van der Waals surface area contributed by atoms with E-state index in [2.05, 4.69) is 15.6 Å². The van der Waals surface area contributed by atoms with Crippen molar-refractivity contribution in [3.63, 3.8) is 0 Å². The minimum atomic E-state index is -0.0781. The summed E-state index contributed by atoms with van der Waals surface area (Å²) in [6.07, 6.45) is 0. The van der Waals surface area contributed by atoms with Crippen LogP contribution < -0.4 is 5.32 Å². The van der Waals surface area contributed by atoms with Crippen LogP contribution >= 0.6 is 34.5 Å². The molecule has 0 unspecified atom stereocenters. The number of aromatic nitrogens is 1. The van der Waals surface area contributed by atoms with Gasteiger partial charge in [-0.1, -0.05) is 35.3 Å². The summed E-state index contributed by atoms with van der Waals surface area (Å²) in [6.45, 7) is 3.81. The molecule has 2 amide bonds. The van der Waals surface area contributed by atoms with Gasteiger partial charge in [-0.3, -0.25) is 4.90 Å². The van der Waals surface area contributed by atoms with Gasteiger partial charge in [-0.05, 0) is 36.4 Å². The van der Waals surface area contributed by atoms with Crippen LogP contribution in [0.3, 0.4) is 0 Å². The van der Waals surface area contributed by atoms with E-state index < -0.39 is 0 Å². The molecule has 0 atom stereocenters. The van der Waals surface area contributed by atoms with Crippen molar-refractivity contribution in [1.29, 1.82) is 0 Å². The molecule has 1 aliphatic rings. The Hall–Kier alpha value is -2.12. The number of hydrogen-bond donors (Lipinski definition) is 1. The number of nitrogens with zero attached hydrogens (tertiary/aromatic N) is 3. The van der Waals surface area contributed by atoms with Crippen LogP contribution in [0.1, 0.15) is 5.69 Å². The third kappa shape index (κ3) is 5.28. The second kappa shape index (κ2) is 9.13. The molecule has 3 aromatic rings. The van der Waals surface area contributed by atoms with Crippen molar-refractivity contribution in [2.75, 3.05) is 31.5 Å². The fraction of sp³-hybridized carbons (Fsp3) is 0.238. The van der Waals surface area contributed by atoms with Crippen molar-refractivity contribution in [2.45, 2.75) is 6.54 Å². The molecule has 1 saturated heterocycles. The van der Waals surface area contributed by atoms with Crippen LogP contribution in [0.15, 0.2) is 53.9 Å². The van der Waals surface area contributed by atoms with E-state index in [1.807, 2.05) is 29.2 Å². The molecule has 1 fully saturated rings. The van der Waals surface area contributed by atoms with Crippen molar-refractivity contribution in [3.8, 4) is 10.6 Å². The number of benzene rings is 2. The normalized spacial score (nSPS) is 14.8. The number of amides is 2. The molecule has 1 aliphatic heterocycles. The van der Waals surface area contributed by atoms with Gasteiger partial charge in [-0.15, -0.1) is 11.3 Å². The highest BCUT2D eigenvalue weighted by Gasteiger charge is 2.22. The Kier molecular flexibility index (Phi) is 6.35. The Morgan fingerprint density at radius 2 is 1.59 bits per heavy atom. The Labute approximate surface area is 183 Å². The van der Waals surface area contributed by atoms with Gasteiger partial charge in [0.2, 0.25) is 0 Å². The first kappa shape index (κ1) is 20.2. The van der Waals surface area contributed by atoms with Gasteiger partial charge in [0.25, 0.3) is 0 Å². The summed E-state index contributed by atoms with van der Waals surface area (Å²) in [5.41, 5.74) is 2.88. The molecule has 0 radical (unpaired) electrons. The number of anilines is 1. The Morgan fingerprint density at radius 3 is 2.24 bits per heavy atom. The maximum atomic E-state index is 12.4. The lowest BCUT2D eigenvalue weighted by Crippen LogP contribution is -2.49. The smallest absolute Gasteiger partial charge is 0.321 e. The van der Waals surface area contributed by atoms with Gasteiger partial charge < -0.3 is 10.2 Å². The third-order valence-corrected chi connectivity index (χ3v) is 6.23. The maximum absolute atomic E-state index is 12.4. The highest BCUT2D eigenvalue weighted by Crippen LogP contribution is 2.25. The number of nitrogens with one attached hydrogen (secondary N) is 1. The topological polar surface area (TPSA) is 48.5 Å². The van der Waals surface area contributed by atoms with E-state index in [1.54, 1.807) is 35.6 Å². The van der Waals surface area contributed by atoms with Crippen LogP contribution in [-0.4, -0.2) is 47.0 Å². The summed E-state index contributed by atoms with van der Waals surface area (Å²) in [7, 11) is 0. The van der Waals surface area contributed by atoms with Crippen molar-refractivity contribution in [1.82, 2.24) is 14.8 Å². The number of hydrogen-bond acceptors (Lipinski definition) is 4. The zero-order valence-corrected chi connectivity index (χ0v) is 18.0. The first-order valence-corrected chi connectivity index (χ1v) is 10.9. The van der Waals surface area contributed by atoms with Crippen LogP contribution in [0.2, 0.25) is 10.0 Å². The molecule has 150 valence electrons. The summed E-state index contributed by atoms with van der Waals surface area (Å²) >= 11 is 13.5. The lowest BCUT2D eigenvalue weighted by molar-refractivity contribution is 0.142. The highest BCUT2D eigenvalue weighted by atomic mass is 35.5. The number of halogens is 2. The fourth-order valence-corrected chi connectivity index (χ4v) is 4.25. The summed E-state index contributed by atoms with van der Waals surface area (Å²) < 4.78 is 0. The van der Waals surface area contributed by atoms with E-state index in [0.717, 1.165) is 46.6 Å². The second-order valence-electron chi connectivity index (χ2n) is 6.85. The van der Waals surface area contributed by atoms with E-state index in [9.17, 15) is 4.79 Å². The predicted octanol–water partition coefficient (Wildman–Crippen LogP) is 5.47. The van der Waals surface area contributed by atoms with Crippen LogP contribution in [0.4, 0.5) is 10.5 Å². The molecule has 1 aromatic heterocycles. The second-order valence-corrected chi connectivity index (χ2v) is 8.58. The molecule has 5 nitrogen and oxygen atoms in total. The standard InChI is InChI=1S/C21H20Cl2N4OS/c22-16-3-1-15(2-4-16)20-24-19(14-29-20)13-26-9-11-27(12-10-26)21(28)25-18-7-5-17(23)6-8-18/h1-8,14H,9-13H2,(H,25,28). The van der Waals surface area contributed by atoms with E-state index in [0.29, 0.717) is 18.1 Å². The molecule has 0 saturated carbocycles. The molecule has 0 spiro atoms. The Bertz CT molecular complexity index is 967. The Morgan fingerprint density at radius 1 is 0.966 bits per heavy atom. The third-order valence-electron chi connectivity index (χ3n) is 4.78. The molecule has 4 rings (SSSR count). The average molecular weight is 447 g/mol. The number of carbonyl (C=O) groups is 1. The molecule has 0 bridgehead atoms. The molecular weight excluding hydrogens is 427 g/mol. The first-order valence-electron chi connectivity index (χ1n) is 9.31. The van der Waals surface area contributed by atoms with Crippen LogP contribution in [0.25, 0.3) is 10.6 Å². The van der Waals surface area contributed by atoms with Gasteiger partial charge in [0.15, 0.2) is 0 Å². The van der Waals surface area contributed by atoms with Gasteiger partial charge in [0.05, 0.1) is 5.69 Å². The fourth-order valence-electron chi connectivity index (χ4n) is 3.18. The summed E-state index contributed by atoms with van der Waals surface area (Å²) in [5, 5.41) is 7.39. The minimum Gasteiger partial charge on any atom is -0.322 e. The zero-order valence-electron chi connectivity index (χ0n) is 15.6. The average Bonchev–Trinajstić information content (AvgIpc) is 3.19. The van der Waals surface area contributed by atoms with Gasteiger partial charge in [0.1, 0.15) is 5.01 Å². The summed E-state index contributed by atoms with van der Waals surface area (Å²) in [6, 6.07) is 14.8. The van der Waals surface area contributed by atoms with Gasteiger partial charge in [-0.25, -0.2) is 9.78 Å². The minimum absolute atomic E-state index is 0.0781. The lowest BCUT2D eigenvalue weighted by atomic mass is 10.2. The van der Waals surface area contributed by atoms with Crippen molar-refractivity contribution in [3.05, 3.63) is 69.7 Å². The Balaban J connectivity index is 1.28.